The van der Waals surface area contributed by atoms with Crippen molar-refractivity contribution in [2.24, 2.45) is 5.92 Å². The summed E-state index contributed by atoms with van der Waals surface area (Å²) in [6.45, 7) is 6.39. The number of nitrogens with zero attached hydrogens (tertiary/aromatic N) is 1. The fraction of sp³-hybridized carbons (Fsp3) is 0.462. The third kappa shape index (κ3) is 3.56. The Bertz CT molecular complexity index is 1060. The van der Waals surface area contributed by atoms with Gasteiger partial charge in [0.15, 0.2) is 6.61 Å². The normalized spacial score (nSPS) is 19.7. The summed E-state index contributed by atoms with van der Waals surface area (Å²) in [6.07, 6.45) is 3.75. The van der Waals surface area contributed by atoms with Crippen LogP contribution < -0.4 is 15.0 Å². The van der Waals surface area contributed by atoms with Gasteiger partial charge in [-0.3, -0.25) is 9.59 Å². The molecule has 2 aromatic rings. The molecule has 0 aliphatic carbocycles. The highest BCUT2D eigenvalue weighted by molar-refractivity contribution is 5.99. The minimum atomic E-state index is -0.139. The molecule has 3 aliphatic rings. The number of hydrogen-bond acceptors (Lipinski definition) is 4. The maximum Gasteiger partial charge on any atom is 0.262 e. The SMILES string of the molecule is CCCC(C)C(=O)N1CC2(CCOCC2)c2cc(-c3ccc4c(c3)NC(=O)CO4)ccc21. The van der Waals surface area contributed by atoms with E-state index in [1.807, 2.05) is 30.0 Å². The fourth-order valence-electron chi connectivity index (χ4n) is 5.32. The van der Waals surface area contributed by atoms with Crippen molar-refractivity contribution < 1.29 is 19.1 Å². The minimum Gasteiger partial charge on any atom is -0.482 e. The third-order valence-corrected chi connectivity index (χ3v) is 7.12. The van der Waals surface area contributed by atoms with Crippen LogP contribution in [0.1, 0.15) is 45.1 Å². The summed E-state index contributed by atoms with van der Waals surface area (Å²) in [6, 6.07) is 12.3. The van der Waals surface area contributed by atoms with Gasteiger partial charge in [0, 0.05) is 36.8 Å². The van der Waals surface area contributed by atoms with Gasteiger partial charge in [0.2, 0.25) is 5.91 Å². The molecular formula is C26H30N2O4. The van der Waals surface area contributed by atoms with E-state index < -0.39 is 0 Å². The maximum atomic E-state index is 13.3. The molecule has 1 atom stereocenters. The molecule has 0 saturated carbocycles. The van der Waals surface area contributed by atoms with Gasteiger partial charge in [0.1, 0.15) is 5.75 Å². The predicted molar refractivity (Wildman–Crippen MR) is 124 cm³/mol. The summed E-state index contributed by atoms with van der Waals surface area (Å²) < 4.78 is 11.2. The number of ether oxygens (including phenoxy) is 2. The largest absolute Gasteiger partial charge is 0.482 e. The average molecular weight is 435 g/mol. The summed E-state index contributed by atoms with van der Waals surface area (Å²) in [5.74, 6) is 0.793. The van der Waals surface area contributed by atoms with Gasteiger partial charge in [-0.15, -0.1) is 0 Å². The van der Waals surface area contributed by atoms with Crippen LogP contribution in [-0.2, 0) is 19.7 Å². The lowest BCUT2D eigenvalue weighted by Crippen LogP contribution is -2.42. The molecule has 0 bridgehead atoms. The highest BCUT2D eigenvalue weighted by atomic mass is 16.5. The van der Waals surface area contributed by atoms with Crippen LogP contribution >= 0.6 is 0 Å². The number of carbonyl (C=O) groups excluding carboxylic acids is 2. The van der Waals surface area contributed by atoms with Gasteiger partial charge in [-0.05, 0) is 60.2 Å². The molecule has 0 radical (unpaired) electrons. The van der Waals surface area contributed by atoms with Crippen molar-refractivity contribution in [3.8, 4) is 16.9 Å². The van der Waals surface area contributed by atoms with E-state index in [-0.39, 0.29) is 29.8 Å². The summed E-state index contributed by atoms with van der Waals surface area (Å²) >= 11 is 0. The first kappa shape index (κ1) is 21.0. The van der Waals surface area contributed by atoms with Gasteiger partial charge >= 0.3 is 0 Å². The number of hydrogen-bond donors (Lipinski definition) is 1. The predicted octanol–water partition coefficient (Wildman–Crippen LogP) is 4.52. The van der Waals surface area contributed by atoms with E-state index in [0.29, 0.717) is 11.4 Å². The lowest BCUT2D eigenvalue weighted by atomic mass is 9.75. The van der Waals surface area contributed by atoms with Crippen molar-refractivity contribution in [3.05, 3.63) is 42.0 Å². The second kappa shape index (κ2) is 8.24. The van der Waals surface area contributed by atoms with Crippen molar-refractivity contribution in [2.45, 2.75) is 44.9 Å². The average Bonchev–Trinajstić information content (AvgIpc) is 3.11. The monoisotopic (exact) mass is 434 g/mol. The number of fused-ring (bicyclic) bond motifs is 3. The Balaban J connectivity index is 1.54. The second-order valence-electron chi connectivity index (χ2n) is 9.29. The molecular weight excluding hydrogens is 404 g/mol. The van der Waals surface area contributed by atoms with E-state index in [4.69, 9.17) is 9.47 Å². The lowest BCUT2D eigenvalue weighted by molar-refractivity contribution is -0.122. The van der Waals surface area contributed by atoms with Gasteiger partial charge in [0.25, 0.3) is 5.91 Å². The van der Waals surface area contributed by atoms with Gasteiger partial charge in [-0.2, -0.15) is 0 Å². The summed E-state index contributed by atoms with van der Waals surface area (Å²) in [5, 5.41) is 2.89. The number of rotatable bonds is 4. The first-order valence-electron chi connectivity index (χ1n) is 11.6. The van der Waals surface area contributed by atoms with Gasteiger partial charge in [-0.25, -0.2) is 0 Å². The van der Waals surface area contributed by atoms with E-state index in [0.717, 1.165) is 62.3 Å². The molecule has 1 spiro atoms. The molecule has 32 heavy (non-hydrogen) atoms. The van der Waals surface area contributed by atoms with Gasteiger partial charge in [-0.1, -0.05) is 32.4 Å². The molecule has 168 valence electrons. The van der Waals surface area contributed by atoms with Crippen LogP contribution in [0.25, 0.3) is 11.1 Å². The van der Waals surface area contributed by atoms with Crippen molar-refractivity contribution >= 4 is 23.2 Å². The maximum absolute atomic E-state index is 13.3. The molecule has 0 aromatic heterocycles. The van der Waals surface area contributed by atoms with Crippen molar-refractivity contribution in [1.29, 1.82) is 0 Å². The highest BCUT2D eigenvalue weighted by Crippen LogP contribution is 2.48. The van der Waals surface area contributed by atoms with E-state index in [1.54, 1.807) is 0 Å². The Labute approximate surface area is 188 Å². The van der Waals surface area contributed by atoms with Crippen LogP contribution in [-0.4, -0.2) is 38.2 Å². The van der Waals surface area contributed by atoms with Crippen molar-refractivity contribution in [1.82, 2.24) is 0 Å². The van der Waals surface area contributed by atoms with E-state index in [2.05, 4.69) is 30.4 Å². The van der Waals surface area contributed by atoms with Gasteiger partial charge < -0.3 is 19.7 Å². The van der Waals surface area contributed by atoms with E-state index in [9.17, 15) is 9.59 Å². The Morgan fingerprint density at radius 3 is 2.69 bits per heavy atom. The zero-order valence-electron chi connectivity index (χ0n) is 18.8. The Kier molecular flexibility index (Phi) is 5.41. The minimum absolute atomic E-state index is 0.0202. The van der Waals surface area contributed by atoms with Crippen LogP contribution in [0, 0.1) is 5.92 Å². The fourth-order valence-corrected chi connectivity index (χ4v) is 5.32. The summed E-state index contributed by atoms with van der Waals surface area (Å²) in [4.78, 5) is 27.1. The lowest BCUT2D eigenvalue weighted by Gasteiger charge is -2.34. The van der Waals surface area contributed by atoms with Crippen LogP contribution in [0.15, 0.2) is 36.4 Å². The number of benzene rings is 2. The summed E-state index contributed by atoms with van der Waals surface area (Å²) in [5.41, 5.74) is 5.02. The topological polar surface area (TPSA) is 67.9 Å². The molecule has 2 amide bonds. The van der Waals surface area contributed by atoms with Crippen LogP contribution in [0.2, 0.25) is 0 Å². The molecule has 3 heterocycles. The molecule has 1 saturated heterocycles. The molecule has 1 fully saturated rings. The quantitative estimate of drug-likeness (QED) is 0.769. The zero-order valence-corrected chi connectivity index (χ0v) is 18.8. The number of amides is 2. The standard InChI is InChI=1S/C26H30N2O4/c1-3-4-17(2)25(30)28-16-26(9-11-31-12-10-26)20-13-18(5-7-22(20)28)19-6-8-23-21(14-19)27-24(29)15-32-23/h5-8,13-14,17H,3-4,9-12,15-16H2,1-2H3,(H,27,29). The number of carbonyl (C=O) groups is 2. The Morgan fingerprint density at radius 1 is 1.16 bits per heavy atom. The van der Waals surface area contributed by atoms with Crippen LogP contribution in [0.5, 0.6) is 5.75 Å². The van der Waals surface area contributed by atoms with Crippen LogP contribution in [0.4, 0.5) is 11.4 Å². The number of anilines is 2. The smallest absolute Gasteiger partial charge is 0.262 e. The summed E-state index contributed by atoms with van der Waals surface area (Å²) in [7, 11) is 0. The molecule has 6 nitrogen and oxygen atoms in total. The molecule has 3 aliphatic heterocycles. The first-order chi connectivity index (χ1) is 15.5. The number of nitrogens with one attached hydrogen (secondary N) is 1. The molecule has 5 rings (SSSR count). The van der Waals surface area contributed by atoms with E-state index >= 15 is 0 Å². The molecule has 2 aromatic carbocycles. The second-order valence-corrected chi connectivity index (χ2v) is 9.29. The zero-order chi connectivity index (χ0) is 22.3. The first-order valence-corrected chi connectivity index (χ1v) is 11.6. The third-order valence-electron chi connectivity index (χ3n) is 7.12. The Morgan fingerprint density at radius 2 is 1.91 bits per heavy atom. The highest BCUT2D eigenvalue weighted by Gasteiger charge is 2.46. The van der Waals surface area contributed by atoms with Crippen molar-refractivity contribution in [3.63, 3.8) is 0 Å². The van der Waals surface area contributed by atoms with Crippen LogP contribution in [0.3, 0.4) is 0 Å². The molecule has 1 N–H and O–H groups in total. The van der Waals surface area contributed by atoms with E-state index in [1.165, 1.54) is 5.56 Å². The Hall–Kier alpha value is -2.86. The molecule has 1 unspecified atom stereocenters. The van der Waals surface area contributed by atoms with Gasteiger partial charge in [0.05, 0.1) is 5.69 Å². The van der Waals surface area contributed by atoms with Crippen molar-refractivity contribution in [2.75, 3.05) is 36.6 Å². The molecule has 6 heteroatoms.